The van der Waals surface area contributed by atoms with Crippen molar-refractivity contribution >= 4 is 35.1 Å². The first-order valence-electron chi connectivity index (χ1n) is 7.28. The zero-order valence-electron chi connectivity index (χ0n) is 13.3. The summed E-state index contributed by atoms with van der Waals surface area (Å²) in [6.07, 6.45) is 0. The Kier molecular flexibility index (Phi) is 6.24. The van der Waals surface area contributed by atoms with E-state index in [1.807, 2.05) is 31.2 Å². The number of aromatic amines is 1. The van der Waals surface area contributed by atoms with Gasteiger partial charge in [0.25, 0.3) is 5.82 Å². The predicted octanol–water partition coefficient (Wildman–Crippen LogP) is 2.45. The van der Waals surface area contributed by atoms with E-state index < -0.39 is 0 Å². The number of hydrogen-bond donors (Lipinski definition) is 2. The molecule has 25 heavy (non-hydrogen) atoms. The number of benzene rings is 1. The van der Waals surface area contributed by atoms with Crippen molar-refractivity contribution < 1.29 is 9.78 Å². The number of thioether (sulfide) groups is 1. The number of anilines is 1. The van der Waals surface area contributed by atoms with Crippen LogP contribution in [-0.2, 0) is 4.79 Å². The molecule has 0 bridgehead atoms. The smallest absolute Gasteiger partial charge is 0.289 e. The molecule has 126 valence electrons. The van der Waals surface area contributed by atoms with E-state index >= 15 is 0 Å². The molecule has 0 saturated carbocycles. The number of nitrogen functional groups attached to an aromatic ring is 1. The Morgan fingerprint density at radius 2 is 1.96 bits per heavy atom. The third-order valence-corrected chi connectivity index (χ3v) is 4.68. The van der Waals surface area contributed by atoms with Crippen molar-refractivity contribution in [2.45, 2.75) is 18.0 Å². The number of rotatable bonds is 5. The number of nitrogens with zero attached hydrogens (tertiary/aromatic N) is 2. The average molecular weight is 373 g/mol. The van der Waals surface area contributed by atoms with Crippen LogP contribution in [0.4, 0.5) is 5.82 Å². The van der Waals surface area contributed by atoms with Crippen LogP contribution >= 0.6 is 23.4 Å². The highest BCUT2D eigenvalue weighted by atomic mass is 35.5. The van der Waals surface area contributed by atoms with Gasteiger partial charge in [-0.05, 0) is 30.7 Å². The lowest BCUT2D eigenvalue weighted by Gasteiger charge is -2.14. The lowest BCUT2D eigenvalue weighted by atomic mass is 10.1. The second-order valence-corrected chi connectivity index (χ2v) is 6.61. The minimum absolute atomic E-state index is 0.106. The van der Waals surface area contributed by atoms with E-state index in [2.05, 4.69) is 10.3 Å². The Labute approximate surface area is 154 Å². The number of carbonyl (C=O) groups excluding carboxylic acids is 1. The summed E-state index contributed by atoms with van der Waals surface area (Å²) in [4.78, 5) is 14.9. The van der Waals surface area contributed by atoms with E-state index in [4.69, 9.17) is 27.9 Å². The minimum Gasteiger partial charge on any atom is -0.349 e. The molecule has 1 aromatic heterocycles. The van der Waals surface area contributed by atoms with Crippen LogP contribution in [0.15, 0.2) is 35.4 Å². The van der Waals surface area contributed by atoms with Gasteiger partial charge in [-0.2, -0.15) is 10.5 Å². The van der Waals surface area contributed by atoms with Gasteiger partial charge in [0.1, 0.15) is 23.3 Å². The monoisotopic (exact) mass is 372 g/mol. The van der Waals surface area contributed by atoms with Crippen molar-refractivity contribution in [2.75, 3.05) is 11.5 Å². The number of nitrogens with two attached hydrogens (primary N) is 1. The van der Waals surface area contributed by atoms with Crippen LogP contribution in [0.1, 0.15) is 29.7 Å². The van der Waals surface area contributed by atoms with Gasteiger partial charge in [0.05, 0.1) is 11.8 Å². The largest absolute Gasteiger partial charge is 0.349 e. The zero-order valence-corrected chi connectivity index (χ0v) is 14.9. The summed E-state index contributed by atoms with van der Waals surface area (Å²) in [7, 11) is 0. The second-order valence-electron chi connectivity index (χ2n) is 5.19. The number of carbonyl (C=O) groups is 1. The molecule has 2 rings (SSSR count). The number of nitrogens with one attached hydrogen (secondary N) is 2. The van der Waals surface area contributed by atoms with Crippen LogP contribution < -0.4 is 16.0 Å². The van der Waals surface area contributed by atoms with Gasteiger partial charge >= 0.3 is 0 Å². The maximum atomic E-state index is 12.1. The summed E-state index contributed by atoms with van der Waals surface area (Å²) in [5.74, 6) is 0.0839. The van der Waals surface area contributed by atoms with Crippen LogP contribution in [0.3, 0.4) is 0 Å². The van der Waals surface area contributed by atoms with Crippen molar-refractivity contribution in [1.82, 2.24) is 5.32 Å². The summed E-state index contributed by atoms with van der Waals surface area (Å²) in [5, 5.41) is 22.1. The van der Waals surface area contributed by atoms with Gasteiger partial charge < -0.3 is 5.32 Å². The highest BCUT2D eigenvalue weighted by molar-refractivity contribution is 7.99. The first-order chi connectivity index (χ1) is 11.9. The van der Waals surface area contributed by atoms with Crippen LogP contribution in [0.5, 0.6) is 0 Å². The van der Waals surface area contributed by atoms with Crippen molar-refractivity contribution in [1.29, 1.82) is 10.5 Å². The number of halogens is 1. The molecule has 0 spiro atoms. The second kappa shape index (κ2) is 8.39. The van der Waals surface area contributed by atoms with Crippen LogP contribution in [0.2, 0.25) is 5.02 Å². The SMILES string of the molecule is C[C@H](NC(=O)CSc1[nH+]c(N)c(C#N)cc1C#N)c1ccc(Cl)cc1. The molecule has 0 fully saturated rings. The molecule has 0 aliphatic rings. The molecule has 1 amide bonds. The van der Waals surface area contributed by atoms with Crippen molar-refractivity contribution in [2.24, 2.45) is 0 Å². The standard InChI is InChI=1S/C17H14ClN5OS/c1-10(11-2-4-14(18)5-3-11)22-15(24)9-25-17-13(8-20)6-12(7-19)16(21)23-17/h2-6,10H,9H2,1H3,(H2,21,23)(H,22,24)/p+1/t10-/m0/s1. The fourth-order valence-electron chi connectivity index (χ4n) is 2.09. The van der Waals surface area contributed by atoms with Crippen LogP contribution in [0.25, 0.3) is 0 Å². The molecule has 2 aromatic rings. The fraction of sp³-hybridized carbons (Fsp3) is 0.176. The summed E-state index contributed by atoms with van der Waals surface area (Å²) in [6, 6.07) is 12.4. The Bertz CT molecular complexity index is 870. The first-order valence-corrected chi connectivity index (χ1v) is 8.64. The maximum absolute atomic E-state index is 12.1. The van der Waals surface area contributed by atoms with E-state index in [9.17, 15) is 4.79 Å². The first kappa shape index (κ1) is 18.6. The highest BCUT2D eigenvalue weighted by Gasteiger charge is 2.17. The van der Waals surface area contributed by atoms with Gasteiger partial charge in [-0.15, -0.1) is 0 Å². The molecule has 1 atom stereocenters. The number of nitriles is 2. The van der Waals surface area contributed by atoms with Gasteiger partial charge in [0.2, 0.25) is 5.91 Å². The third-order valence-electron chi connectivity index (χ3n) is 3.41. The lowest BCUT2D eigenvalue weighted by Crippen LogP contribution is -2.28. The van der Waals surface area contributed by atoms with Gasteiger partial charge in [0, 0.05) is 5.02 Å². The summed E-state index contributed by atoms with van der Waals surface area (Å²) < 4.78 is 0. The Balaban J connectivity index is 2.00. The Morgan fingerprint density at radius 1 is 1.32 bits per heavy atom. The molecule has 6 nitrogen and oxygen atoms in total. The molecular formula is C17H15ClN5OS+. The molecule has 0 saturated heterocycles. The predicted molar refractivity (Wildman–Crippen MR) is 95.6 cm³/mol. The molecule has 0 unspecified atom stereocenters. The fourth-order valence-corrected chi connectivity index (χ4v) is 3.02. The molecule has 4 N–H and O–H groups in total. The van der Waals surface area contributed by atoms with E-state index in [-0.39, 0.29) is 34.6 Å². The molecule has 0 radical (unpaired) electrons. The van der Waals surface area contributed by atoms with Gasteiger partial charge in [-0.25, -0.2) is 4.98 Å². The van der Waals surface area contributed by atoms with E-state index in [0.29, 0.717) is 10.0 Å². The minimum atomic E-state index is -0.187. The summed E-state index contributed by atoms with van der Waals surface area (Å²) in [6.45, 7) is 1.87. The molecule has 0 aliphatic carbocycles. The van der Waals surface area contributed by atoms with E-state index in [1.54, 1.807) is 12.1 Å². The number of hydrogen-bond acceptors (Lipinski definition) is 5. The van der Waals surface area contributed by atoms with Gasteiger partial charge in [-0.3, -0.25) is 10.5 Å². The molecule has 1 heterocycles. The quantitative estimate of drug-likeness (QED) is 0.781. The number of amides is 1. The highest BCUT2D eigenvalue weighted by Crippen LogP contribution is 2.21. The average Bonchev–Trinajstić information content (AvgIpc) is 2.60. The summed E-state index contributed by atoms with van der Waals surface area (Å²) in [5.41, 5.74) is 7.13. The number of aromatic nitrogens is 1. The zero-order chi connectivity index (χ0) is 18.4. The number of H-pyrrole nitrogens is 1. The topological polar surface area (TPSA) is 117 Å². The maximum Gasteiger partial charge on any atom is 0.289 e. The van der Waals surface area contributed by atoms with Crippen molar-refractivity contribution in [3.63, 3.8) is 0 Å². The van der Waals surface area contributed by atoms with Gasteiger partial charge in [0.15, 0.2) is 5.03 Å². The van der Waals surface area contributed by atoms with Gasteiger partial charge in [-0.1, -0.05) is 35.5 Å². The van der Waals surface area contributed by atoms with E-state index in [1.165, 1.54) is 6.07 Å². The summed E-state index contributed by atoms with van der Waals surface area (Å²) >= 11 is 7.00. The van der Waals surface area contributed by atoms with Crippen LogP contribution in [-0.4, -0.2) is 11.7 Å². The Morgan fingerprint density at radius 3 is 2.56 bits per heavy atom. The lowest BCUT2D eigenvalue weighted by molar-refractivity contribution is -0.410. The Hall–Kier alpha value is -2.74. The molecule has 1 aromatic carbocycles. The van der Waals surface area contributed by atoms with Crippen molar-refractivity contribution in [3.05, 3.63) is 52.0 Å². The third kappa shape index (κ3) is 4.87. The number of pyridine rings is 1. The normalized spacial score (nSPS) is 11.2. The molecule has 0 aliphatic heterocycles. The molecule has 8 heteroatoms. The van der Waals surface area contributed by atoms with Crippen molar-refractivity contribution in [3.8, 4) is 12.1 Å². The van der Waals surface area contributed by atoms with Crippen LogP contribution in [0, 0.1) is 22.7 Å². The van der Waals surface area contributed by atoms with E-state index in [0.717, 1.165) is 17.3 Å². The molecular weight excluding hydrogens is 358 g/mol.